The molecule has 0 aromatic heterocycles. The highest BCUT2D eigenvalue weighted by Crippen LogP contribution is 2.45. The first kappa shape index (κ1) is 21.3. The van der Waals surface area contributed by atoms with E-state index in [0.717, 1.165) is 61.5 Å². The van der Waals surface area contributed by atoms with Gasteiger partial charge in [0.2, 0.25) is 0 Å². The topological polar surface area (TPSA) is 80.8 Å². The lowest BCUT2D eigenvalue weighted by Gasteiger charge is -2.31. The molecule has 0 spiro atoms. The minimum atomic E-state index is -0.884. The van der Waals surface area contributed by atoms with Crippen molar-refractivity contribution in [3.63, 3.8) is 0 Å². The molecule has 6 heteroatoms. The maximum atomic E-state index is 11.7. The van der Waals surface area contributed by atoms with Crippen LogP contribution in [-0.2, 0) is 9.47 Å². The second-order valence-electron chi connectivity index (χ2n) is 9.11. The van der Waals surface area contributed by atoms with Crippen LogP contribution < -0.4 is 9.47 Å². The van der Waals surface area contributed by atoms with Crippen LogP contribution in [0.3, 0.4) is 0 Å². The average Bonchev–Trinajstić information content (AvgIpc) is 3.72. The summed E-state index contributed by atoms with van der Waals surface area (Å²) in [6.07, 6.45) is 4.61. The summed E-state index contributed by atoms with van der Waals surface area (Å²) in [5.74, 6) is 1.64. The molecule has 2 atom stereocenters. The number of hydrogen-bond donors (Lipinski definition) is 1. The highest BCUT2D eigenvalue weighted by atomic mass is 16.6. The number of ether oxygens (including phenoxy) is 4. The van der Waals surface area contributed by atoms with E-state index in [0.29, 0.717) is 30.6 Å². The summed E-state index contributed by atoms with van der Waals surface area (Å²) in [4.78, 5) is 11.7. The van der Waals surface area contributed by atoms with Gasteiger partial charge in [-0.15, -0.1) is 0 Å². The predicted octanol–water partition coefficient (Wildman–Crippen LogP) is 4.69. The van der Waals surface area contributed by atoms with Crippen LogP contribution in [0, 0.1) is 6.92 Å². The SMILES string of the molecule is Cc1c(C(=O)O)ccc(OCC2CO2)c1C1CCC(c2ccc(OCC3CO3)cc2)CC1. The number of carboxylic acid groups (broad SMARTS) is 1. The van der Waals surface area contributed by atoms with Crippen LogP contribution >= 0.6 is 0 Å². The number of rotatable bonds is 9. The predicted molar refractivity (Wildman–Crippen MR) is 119 cm³/mol. The molecule has 0 bridgehead atoms. The third-order valence-corrected chi connectivity index (χ3v) is 6.86. The number of carboxylic acids is 1. The summed E-state index contributed by atoms with van der Waals surface area (Å²) in [7, 11) is 0. The minimum Gasteiger partial charge on any atom is -0.491 e. The van der Waals surface area contributed by atoms with Crippen LogP contribution in [0.5, 0.6) is 11.5 Å². The van der Waals surface area contributed by atoms with Gasteiger partial charge in [-0.1, -0.05) is 12.1 Å². The third kappa shape index (κ3) is 4.92. The molecule has 5 rings (SSSR count). The van der Waals surface area contributed by atoms with E-state index in [9.17, 15) is 9.90 Å². The molecule has 1 saturated carbocycles. The number of benzene rings is 2. The van der Waals surface area contributed by atoms with E-state index in [2.05, 4.69) is 24.3 Å². The normalized spacial score (nSPS) is 26.4. The van der Waals surface area contributed by atoms with Gasteiger partial charge < -0.3 is 24.1 Å². The van der Waals surface area contributed by atoms with Crippen LogP contribution in [0.25, 0.3) is 0 Å². The Labute approximate surface area is 188 Å². The molecular weight excluding hydrogens is 408 g/mol. The number of hydrogen-bond acceptors (Lipinski definition) is 5. The molecule has 6 nitrogen and oxygen atoms in total. The van der Waals surface area contributed by atoms with E-state index in [1.807, 2.05) is 13.0 Å². The van der Waals surface area contributed by atoms with Crippen molar-refractivity contribution in [2.75, 3.05) is 26.4 Å². The van der Waals surface area contributed by atoms with E-state index < -0.39 is 5.97 Å². The molecule has 0 amide bonds. The minimum absolute atomic E-state index is 0.168. The fraction of sp³-hybridized carbons (Fsp3) is 0.500. The van der Waals surface area contributed by atoms with Gasteiger partial charge in [0.1, 0.15) is 36.9 Å². The summed E-state index contributed by atoms with van der Waals surface area (Å²) in [6, 6.07) is 11.9. The van der Waals surface area contributed by atoms with Crippen LogP contribution in [0.15, 0.2) is 36.4 Å². The number of epoxide rings is 2. The van der Waals surface area contributed by atoms with Crippen molar-refractivity contribution in [2.24, 2.45) is 0 Å². The maximum absolute atomic E-state index is 11.7. The summed E-state index contributed by atoms with van der Waals surface area (Å²) in [5, 5.41) is 9.61. The average molecular weight is 439 g/mol. The fourth-order valence-corrected chi connectivity index (χ4v) is 4.82. The zero-order valence-electron chi connectivity index (χ0n) is 18.4. The Morgan fingerprint density at radius 3 is 2.09 bits per heavy atom. The molecule has 2 saturated heterocycles. The van der Waals surface area contributed by atoms with Crippen molar-refractivity contribution < 1.29 is 28.8 Å². The molecular formula is C26H30O6. The molecule has 2 aliphatic heterocycles. The molecule has 32 heavy (non-hydrogen) atoms. The maximum Gasteiger partial charge on any atom is 0.335 e. The Hall–Kier alpha value is -2.57. The van der Waals surface area contributed by atoms with E-state index in [-0.39, 0.29) is 12.2 Å². The van der Waals surface area contributed by atoms with Crippen molar-refractivity contribution in [2.45, 2.75) is 56.7 Å². The van der Waals surface area contributed by atoms with Crippen molar-refractivity contribution >= 4 is 5.97 Å². The highest BCUT2D eigenvalue weighted by Gasteiger charge is 2.30. The standard InChI is InChI=1S/C26H30O6/c1-16-23(26(27)28)10-11-24(32-15-22-14-31-22)25(16)19-4-2-17(3-5-19)18-6-8-20(9-7-18)29-12-21-13-30-21/h6-11,17,19,21-22H,2-5,12-15H2,1H3,(H,27,28). The monoisotopic (exact) mass is 438 g/mol. The molecule has 1 N–H and O–H groups in total. The van der Waals surface area contributed by atoms with E-state index >= 15 is 0 Å². The van der Waals surface area contributed by atoms with Crippen molar-refractivity contribution in [1.29, 1.82) is 0 Å². The van der Waals surface area contributed by atoms with Crippen LogP contribution in [-0.4, -0.2) is 49.7 Å². The summed E-state index contributed by atoms with van der Waals surface area (Å²) >= 11 is 0. The Morgan fingerprint density at radius 1 is 0.906 bits per heavy atom. The van der Waals surface area contributed by atoms with Gasteiger partial charge in [-0.25, -0.2) is 4.79 Å². The van der Waals surface area contributed by atoms with Crippen LogP contribution in [0.1, 0.15) is 64.6 Å². The second kappa shape index (κ2) is 9.12. The molecule has 3 fully saturated rings. The van der Waals surface area contributed by atoms with Gasteiger partial charge in [0.25, 0.3) is 0 Å². The lowest BCUT2D eigenvalue weighted by Crippen LogP contribution is -2.16. The molecule has 2 aromatic rings. The van der Waals surface area contributed by atoms with E-state index in [1.54, 1.807) is 6.07 Å². The quantitative estimate of drug-likeness (QED) is 0.572. The van der Waals surface area contributed by atoms with Gasteiger partial charge in [-0.2, -0.15) is 0 Å². The van der Waals surface area contributed by atoms with Crippen molar-refractivity contribution in [3.8, 4) is 11.5 Å². The smallest absolute Gasteiger partial charge is 0.335 e. The van der Waals surface area contributed by atoms with E-state index in [4.69, 9.17) is 18.9 Å². The zero-order chi connectivity index (χ0) is 22.1. The third-order valence-electron chi connectivity index (χ3n) is 6.86. The Morgan fingerprint density at radius 2 is 1.50 bits per heavy atom. The van der Waals surface area contributed by atoms with Gasteiger partial charge in [0, 0.05) is 5.56 Å². The second-order valence-corrected chi connectivity index (χ2v) is 9.11. The summed E-state index contributed by atoms with van der Waals surface area (Å²) in [5.41, 5.74) is 3.60. The molecule has 2 aromatic carbocycles. The lowest BCUT2D eigenvalue weighted by atomic mass is 9.74. The van der Waals surface area contributed by atoms with Gasteiger partial charge >= 0.3 is 5.97 Å². The zero-order valence-corrected chi connectivity index (χ0v) is 18.4. The molecule has 170 valence electrons. The Balaban J connectivity index is 1.26. The fourth-order valence-electron chi connectivity index (χ4n) is 4.82. The Bertz CT molecular complexity index is 953. The van der Waals surface area contributed by atoms with Crippen LogP contribution in [0.2, 0.25) is 0 Å². The molecule has 0 radical (unpaired) electrons. The van der Waals surface area contributed by atoms with Crippen molar-refractivity contribution in [1.82, 2.24) is 0 Å². The Kier molecular flexibility index (Phi) is 6.07. The lowest BCUT2D eigenvalue weighted by molar-refractivity contribution is 0.0695. The molecule has 1 aliphatic carbocycles. The van der Waals surface area contributed by atoms with Crippen molar-refractivity contribution in [3.05, 3.63) is 58.7 Å². The first-order chi connectivity index (χ1) is 15.6. The number of aromatic carboxylic acids is 1. The van der Waals surface area contributed by atoms with Crippen LogP contribution in [0.4, 0.5) is 0 Å². The van der Waals surface area contributed by atoms with Gasteiger partial charge in [0.05, 0.1) is 18.8 Å². The largest absolute Gasteiger partial charge is 0.491 e. The first-order valence-electron chi connectivity index (χ1n) is 11.5. The van der Waals surface area contributed by atoms with Gasteiger partial charge in [-0.3, -0.25) is 0 Å². The van der Waals surface area contributed by atoms with Gasteiger partial charge in [-0.05, 0) is 79.8 Å². The highest BCUT2D eigenvalue weighted by molar-refractivity contribution is 5.90. The molecule has 2 heterocycles. The summed E-state index contributed by atoms with van der Waals surface area (Å²) in [6.45, 7) is 4.60. The molecule has 3 aliphatic rings. The number of carbonyl (C=O) groups is 1. The molecule has 2 unspecified atom stereocenters. The van der Waals surface area contributed by atoms with Gasteiger partial charge in [0.15, 0.2) is 0 Å². The van der Waals surface area contributed by atoms with E-state index in [1.165, 1.54) is 5.56 Å². The summed E-state index contributed by atoms with van der Waals surface area (Å²) < 4.78 is 22.3. The first-order valence-corrected chi connectivity index (χ1v) is 11.5.